The minimum atomic E-state index is -1.28. The summed E-state index contributed by atoms with van der Waals surface area (Å²) in [7, 11) is 0. The normalized spacial score (nSPS) is 15.5. The molecule has 0 aliphatic carbocycles. The van der Waals surface area contributed by atoms with Gasteiger partial charge < -0.3 is 14.6 Å². The molecule has 0 unspecified atom stereocenters. The van der Waals surface area contributed by atoms with E-state index in [1.165, 1.54) is 6.08 Å². The first-order chi connectivity index (χ1) is 12.3. The monoisotopic (exact) mass is 443 g/mol. The molecule has 2 rings (SSSR count). The molecule has 26 heavy (non-hydrogen) atoms. The largest absolute Gasteiger partial charge is 0.481 e. The molecule has 10 heteroatoms. The van der Waals surface area contributed by atoms with Gasteiger partial charge in [-0.1, -0.05) is 15.9 Å². The number of hydrogen-bond donors (Lipinski definition) is 1. The van der Waals surface area contributed by atoms with Crippen molar-refractivity contribution in [2.45, 2.75) is 6.92 Å². The number of benzene rings is 1. The summed E-state index contributed by atoms with van der Waals surface area (Å²) in [4.78, 5) is 47.0. The summed E-state index contributed by atoms with van der Waals surface area (Å²) in [6, 6.07) is 4.93. The summed E-state index contributed by atoms with van der Waals surface area (Å²) in [6.45, 7) is 0.895. The van der Waals surface area contributed by atoms with Crippen molar-refractivity contribution in [2.24, 2.45) is 0 Å². The Kier molecular flexibility index (Phi) is 6.81. The fourth-order valence-electron chi connectivity index (χ4n) is 2.02. The maximum atomic E-state index is 12.2. The Morgan fingerprint density at radius 1 is 1.35 bits per heavy atom. The van der Waals surface area contributed by atoms with Crippen molar-refractivity contribution < 1.29 is 33.8 Å². The second-order valence-corrected chi connectivity index (χ2v) is 6.85. The van der Waals surface area contributed by atoms with E-state index >= 15 is 0 Å². The molecule has 1 saturated heterocycles. The van der Waals surface area contributed by atoms with Gasteiger partial charge in [-0.05, 0) is 43.0 Å². The number of nitrogens with zero attached hydrogens (tertiary/aromatic N) is 1. The van der Waals surface area contributed by atoms with Gasteiger partial charge in [0.2, 0.25) is 0 Å². The van der Waals surface area contributed by atoms with E-state index in [9.17, 15) is 19.2 Å². The van der Waals surface area contributed by atoms with Crippen LogP contribution in [0, 0.1) is 0 Å². The number of ether oxygens (including phenoxy) is 2. The first kappa shape index (κ1) is 20.0. The van der Waals surface area contributed by atoms with E-state index in [4.69, 9.17) is 14.6 Å². The SMILES string of the molecule is CCOC(=O)COc1ccc(Br)cc1/C=C1/SC(=O)N(CC(=O)O)C1=O. The number of carboxylic acid groups (broad SMARTS) is 1. The first-order valence-electron chi connectivity index (χ1n) is 7.37. The molecule has 138 valence electrons. The van der Waals surface area contributed by atoms with E-state index in [2.05, 4.69) is 15.9 Å². The molecule has 1 aromatic carbocycles. The molecule has 1 fully saturated rings. The summed E-state index contributed by atoms with van der Waals surface area (Å²) in [6.07, 6.45) is 1.41. The van der Waals surface area contributed by atoms with E-state index in [1.54, 1.807) is 25.1 Å². The lowest BCUT2D eigenvalue weighted by atomic mass is 10.2. The van der Waals surface area contributed by atoms with Gasteiger partial charge in [0.15, 0.2) is 6.61 Å². The van der Waals surface area contributed by atoms with E-state index in [-0.39, 0.29) is 18.1 Å². The number of hydrogen-bond acceptors (Lipinski definition) is 7. The average Bonchev–Trinajstić information content (AvgIpc) is 2.81. The molecule has 0 saturated carbocycles. The molecule has 1 heterocycles. The summed E-state index contributed by atoms with van der Waals surface area (Å²) < 4.78 is 10.9. The summed E-state index contributed by atoms with van der Waals surface area (Å²) in [5.74, 6) is -2.21. The van der Waals surface area contributed by atoms with Gasteiger partial charge in [-0.2, -0.15) is 0 Å². The number of rotatable bonds is 7. The zero-order valence-corrected chi connectivity index (χ0v) is 16.0. The van der Waals surface area contributed by atoms with Crippen LogP contribution in [0.15, 0.2) is 27.6 Å². The van der Waals surface area contributed by atoms with Crippen LogP contribution in [-0.2, 0) is 19.1 Å². The summed E-state index contributed by atoms with van der Waals surface area (Å²) in [5, 5.41) is 8.13. The third-order valence-corrected chi connectivity index (χ3v) is 4.48. The molecule has 1 aliphatic heterocycles. The van der Waals surface area contributed by atoms with E-state index in [0.717, 1.165) is 0 Å². The fourth-order valence-corrected chi connectivity index (χ4v) is 3.22. The number of carbonyl (C=O) groups is 4. The van der Waals surface area contributed by atoms with Gasteiger partial charge in [0.05, 0.1) is 11.5 Å². The van der Waals surface area contributed by atoms with E-state index < -0.39 is 29.6 Å². The van der Waals surface area contributed by atoms with Crippen LogP contribution in [0.2, 0.25) is 0 Å². The Hall–Kier alpha value is -2.33. The number of carbonyl (C=O) groups excluding carboxylic acids is 3. The summed E-state index contributed by atoms with van der Waals surface area (Å²) >= 11 is 3.94. The van der Waals surface area contributed by atoms with Crippen LogP contribution < -0.4 is 4.74 Å². The van der Waals surface area contributed by atoms with Crippen molar-refractivity contribution in [3.05, 3.63) is 33.1 Å². The highest BCUT2D eigenvalue weighted by Crippen LogP contribution is 2.34. The van der Waals surface area contributed by atoms with Crippen molar-refractivity contribution >= 4 is 56.9 Å². The van der Waals surface area contributed by atoms with Gasteiger partial charge in [0, 0.05) is 10.0 Å². The standard InChI is InChI=1S/C16H14BrNO7S/c1-2-24-14(21)8-25-11-4-3-10(17)5-9(11)6-12-15(22)18(7-13(19)20)16(23)26-12/h3-6H,2,7-8H2,1H3,(H,19,20)/b12-6+. The van der Waals surface area contributed by atoms with Gasteiger partial charge >= 0.3 is 11.9 Å². The minimum Gasteiger partial charge on any atom is -0.481 e. The Bertz CT molecular complexity index is 793. The zero-order valence-electron chi connectivity index (χ0n) is 13.6. The quantitative estimate of drug-likeness (QED) is 0.505. The van der Waals surface area contributed by atoms with Crippen molar-refractivity contribution in [2.75, 3.05) is 19.8 Å². The Labute approximate surface area is 161 Å². The molecule has 1 N–H and O–H groups in total. The number of halogens is 1. The van der Waals surface area contributed by atoms with Crippen LogP contribution in [-0.4, -0.2) is 52.8 Å². The Morgan fingerprint density at radius 2 is 2.08 bits per heavy atom. The van der Waals surface area contributed by atoms with Crippen LogP contribution in [0.3, 0.4) is 0 Å². The minimum absolute atomic E-state index is 0.0651. The number of amides is 2. The predicted octanol–water partition coefficient (Wildman–Crippen LogP) is 2.51. The smallest absolute Gasteiger partial charge is 0.344 e. The third kappa shape index (κ3) is 5.09. The van der Waals surface area contributed by atoms with Crippen molar-refractivity contribution in [3.8, 4) is 5.75 Å². The Morgan fingerprint density at radius 3 is 2.73 bits per heavy atom. The van der Waals surface area contributed by atoms with Crippen molar-refractivity contribution in [3.63, 3.8) is 0 Å². The number of esters is 1. The lowest BCUT2D eigenvalue weighted by molar-refractivity contribution is -0.145. The van der Waals surface area contributed by atoms with Crippen molar-refractivity contribution in [1.82, 2.24) is 4.90 Å². The van der Waals surface area contributed by atoms with E-state index in [1.807, 2.05) is 0 Å². The van der Waals surface area contributed by atoms with Crippen LogP contribution in [0.1, 0.15) is 12.5 Å². The molecule has 8 nitrogen and oxygen atoms in total. The summed E-state index contributed by atoms with van der Waals surface area (Å²) in [5.41, 5.74) is 0.449. The zero-order chi connectivity index (χ0) is 19.3. The second-order valence-electron chi connectivity index (χ2n) is 4.94. The molecular weight excluding hydrogens is 430 g/mol. The number of carboxylic acids is 1. The van der Waals surface area contributed by atoms with Crippen molar-refractivity contribution in [1.29, 1.82) is 0 Å². The fraction of sp³-hybridized carbons (Fsp3) is 0.250. The average molecular weight is 444 g/mol. The number of aliphatic carboxylic acids is 1. The number of thioether (sulfide) groups is 1. The Balaban J connectivity index is 2.25. The molecule has 0 atom stereocenters. The highest BCUT2D eigenvalue weighted by molar-refractivity contribution is 9.10. The molecule has 0 aromatic heterocycles. The van der Waals surface area contributed by atoms with E-state index in [0.29, 0.717) is 32.4 Å². The van der Waals surface area contributed by atoms with Gasteiger partial charge in [0.1, 0.15) is 12.3 Å². The molecule has 0 spiro atoms. The second kappa shape index (κ2) is 8.86. The van der Waals surface area contributed by atoms with Crippen LogP contribution >= 0.6 is 27.7 Å². The molecule has 2 amide bonds. The van der Waals surface area contributed by atoms with Gasteiger partial charge in [0.25, 0.3) is 11.1 Å². The lowest BCUT2D eigenvalue weighted by Gasteiger charge is -2.10. The highest BCUT2D eigenvalue weighted by atomic mass is 79.9. The maximum Gasteiger partial charge on any atom is 0.344 e. The highest BCUT2D eigenvalue weighted by Gasteiger charge is 2.36. The molecule has 0 bridgehead atoms. The van der Waals surface area contributed by atoms with Crippen LogP contribution in [0.5, 0.6) is 5.75 Å². The predicted molar refractivity (Wildman–Crippen MR) is 96.6 cm³/mol. The first-order valence-corrected chi connectivity index (χ1v) is 8.98. The van der Waals surface area contributed by atoms with Gasteiger partial charge in [-0.3, -0.25) is 19.3 Å². The molecule has 1 aromatic rings. The molecular formula is C16H14BrNO7S. The topological polar surface area (TPSA) is 110 Å². The number of imide groups is 1. The maximum absolute atomic E-state index is 12.2. The molecule has 1 aliphatic rings. The van der Waals surface area contributed by atoms with Gasteiger partial charge in [-0.15, -0.1) is 0 Å². The van der Waals surface area contributed by atoms with Crippen LogP contribution in [0.25, 0.3) is 6.08 Å². The van der Waals surface area contributed by atoms with Crippen LogP contribution in [0.4, 0.5) is 4.79 Å². The molecule has 0 radical (unpaired) electrons. The third-order valence-electron chi connectivity index (χ3n) is 3.08. The van der Waals surface area contributed by atoms with Gasteiger partial charge in [-0.25, -0.2) is 4.79 Å². The lowest BCUT2D eigenvalue weighted by Crippen LogP contribution is -2.33.